The number of anilines is 1. The number of nitrogens with two attached hydrogens (primary N) is 1. The van der Waals surface area contributed by atoms with Crippen LogP contribution in [-0.4, -0.2) is 29.0 Å². The first-order valence-electron chi connectivity index (χ1n) is 9.75. The van der Waals surface area contributed by atoms with E-state index in [1.807, 2.05) is 0 Å². The van der Waals surface area contributed by atoms with Crippen molar-refractivity contribution >= 4 is 17.6 Å². The van der Waals surface area contributed by atoms with Gasteiger partial charge in [0, 0.05) is 17.3 Å². The van der Waals surface area contributed by atoms with E-state index in [9.17, 15) is 40.3 Å². The maximum Gasteiger partial charge on any atom is 0.433 e. The molecule has 0 unspecified atom stereocenters. The number of halogens is 7. The second-order valence-corrected chi connectivity index (χ2v) is 7.21. The minimum absolute atomic E-state index is 0.0573. The Labute approximate surface area is 198 Å². The van der Waals surface area contributed by atoms with Crippen LogP contribution in [0.15, 0.2) is 42.7 Å². The number of rotatable bonds is 4. The van der Waals surface area contributed by atoms with Gasteiger partial charge in [0.1, 0.15) is 23.0 Å². The van der Waals surface area contributed by atoms with Gasteiger partial charge in [0.25, 0.3) is 5.91 Å². The maximum absolute atomic E-state index is 14.7. The highest BCUT2D eigenvalue weighted by Crippen LogP contribution is 2.40. The molecule has 3 amide bonds. The molecule has 0 bridgehead atoms. The molecular weight excluding hydrogens is 501 g/mol. The van der Waals surface area contributed by atoms with E-state index in [4.69, 9.17) is 10.5 Å². The first-order chi connectivity index (χ1) is 16.7. The van der Waals surface area contributed by atoms with E-state index in [0.29, 0.717) is 6.92 Å². The molecule has 190 valence electrons. The van der Waals surface area contributed by atoms with Crippen molar-refractivity contribution in [1.82, 2.24) is 9.97 Å². The molecule has 2 N–H and O–H groups in total. The number of alkyl halides is 6. The summed E-state index contributed by atoms with van der Waals surface area (Å²) in [4.78, 5) is 32.1. The van der Waals surface area contributed by atoms with Crippen LogP contribution in [0.2, 0.25) is 0 Å². The molecule has 2 heterocycles. The quantitative estimate of drug-likeness (QED) is 0.471. The molecule has 0 atom stereocenters. The summed E-state index contributed by atoms with van der Waals surface area (Å²) in [5, 5.41) is 0. The van der Waals surface area contributed by atoms with Gasteiger partial charge in [-0.25, -0.2) is 19.1 Å². The normalized spacial score (nSPS) is 11.8. The van der Waals surface area contributed by atoms with Crippen LogP contribution < -0.4 is 15.4 Å². The number of amides is 3. The molecule has 36 heavy (non-hydrogen) atoms. The number of carbonyl (C=O) groups is 2. The van der Waals surface area contributed by atoms with Crippen LogP contribution in [0.4, 0.5) is 41.2 Å². The van der Waals surface area contributed by atoms with E-state index in [1.165, 1.54) is 19.2 Å². The van der Waals surface area contributed by atoms with Gasteiger partial charge < -0.3 is 10.5 Å². The van der Waals surface area contributed by atoms with Crippen molar-refractivity contribution in [2.24, 2.45) is 5.73 Å². The lowest BCUT2D eigenvalue weighted by molar-refractivity contribution is -0.150. The van der Waals surface area contributed by atoms with Crippen molar-refractivity contribution in [2.45, 2.75) is 19.3 Å². The van der Waals surface area contributed by atoms with Gasteiger partial charge >= 0.3 is 18.4 Å². The second-order valence-electron chi connectivity index (χ2n) is 7.21. The number of ether oxygens (including phenoxy) is 1. The predicted octanol–water partition coefficient (Wildman–Crippen LogP) is 5.36. The minimum atomic E-state index is -5.36. The van der Waals surface area contributed by atoms with E-state index in [2.05, 4.69) is 9.97 Å². The number of aromatic nitrogens is 2. The van der Waals surface area contributed by atoms with Crippen molar-refractivity contribution in [2.75, 3.05) is 12.0 Å². The number of imide groups is 1. The van der Waals surface area contributed by atoms with Gasteiger partial charge in [0.15, 0.2) is 0 Å². The summed E-state index contributed by atoms with van der Waals surface area (Å²) in [6.07, 6.45) is -8.70. The monoisotopic (exact) mass is 516 g/mol. The van der Waals surface area contributed by atoms with Crippen LogP contribution >= 0.6 is 0 Å². The van der Waals surface area contributed by atoms with Crippen LogP contribution in [0.3, 0.4) is 0 Å². The average Bonchev–Trinajstić information content (AvgIpc) is 2.77. The zero-order chi connectivity index (χ0) is 27.0. The Morgan fingerprint density at radius 3 is 2.28 bits per heavy atom. The highest BCUT2D eigenvalue weighted by Gasteiger charge is 2.42. The number of nitrogens with zero attached hydrogens (tertiary/aromatic N) is 3. The first-order valence-corrected chi connectivity index (χ1v) is 9.75. The second kappa shape index (κ2) is 9.43. The summed E-state index contributed by atoms with van der Waals surface area (Å²) in [6.45, 7) is 0.715. The highest BCUT2D eigenvalue weighted by molar-refractivity contribution is 6.22. The van der Waals surface area contributed by atoms with E-state index in [1.54, 1.807) is 0 Å². The smallest absolute Gasteiger partial charge is 0.433 e. The molecule has 0 spiro atoms. The highest BCUT2D eigenvalue weighted by atomic mass is 19.4. The van der Waals surface area contributed by atoms with Gasteiger partial charge in [-0.1, -0.05) is 6.07 Å². The summed E-state index contributed by atoms with van der Waals surface area (Å²) in [5.74, 6) is -2.58. The van der Waals surface area contributed by atoms with Crippen LogP contribution in [0.5, 0.6) is 5.75 Å². The number of hydrogen-bond acceptors (Lipinski definition) is 5. The van der Waals surface area contributed by atoms with Gasteiger partial charge in [-0.2, -0.15) is 26.3 Å². The van der Waals surface area contributed by atoms with Crippen molar-refractivity contribution in [3.05, 3.63) is 71.1 Å². The van der Waals surface area contributed by atoms with Gasteiger partial charge in [0.2, 0.25) is 0 Å². The molecule has 1 aromatic carbocycles. The number of hydrogen-bond donors (Lipinski definition) is 1. The molecule has 2 aromatic heterocycles. The Bertz CT molecular complexity index is 1340. The van der Waals surface area contributed by atoms with Gasteiger partial charge in [-0.3, -0.25) is 9.78 Å². The number of methoxy groups -OCH3 is 1. The van der Waals surface area contributed by atoms with Gasteiger partial charge in [0.05, 0.1) is 24.6 Å². The number of benzene rings is 1. The number of pyridine rings is 2. The Hall–Kier alpha value is -4.23. The number of urea groups is 1. The molecule has 0 aliphatic rings. The third-order valence-electron chi connectivity index (χ3n) is 4.99. The number of carbonyl (C=O) groups excluding carboxylic acids is 2. The third-order valence-corrected chi connectivity index (χ3v) is 4.99. The molecule has 0 saturated heterocycles. The molecule has 0 aliphatic heterocycles. The van der Waals surface area contributed by atoms with E-state index < -0.39 is 58.3 Å². The minimum Gasteiger partial charge on any atom is -0.496 e. The molecule has 7 nitrogen and oxygen atoms in total. The van der Waals surface area contributed by atoms with E-state index >= 15 is 0 Å². The van der Waals surface area contributed by atoms with Crippen LogP contribution in [-0.2, 0) is 12.4 Å². The van der Waals surface area contributed by atoms with Gasteiger partial charge in [-0.05, 0) is 36.8 Å². The van der Waals surface area contributed by atoms with Crippen molar-refractivity contribution in [3.8, 4) is 16.9 Å². The standard InChI is InChI=1S/C22H15F7N4O3/c1-10-12(8-16(21(24,25)26)32-18(10)22(27,28)29)19(34)33(20(30)35)14-9-31-7-6-11(14)17-13(23)4-3-5-15(17)36-2/h3-9H,1-2H3,(H2,30,35). The fourth-order valence-corrected chi connectivity index (χ4v) is 3.41. The van der Waals surface area contributed by atoms with Gasteiger partial charge in [-0.15, -0.1) is 0 Å². The summed E-state index contributed by atoms with van der Waals surface area (Å²) < 4.78 is 100. The summed E-state index contributed by atoms with van der Waals surface area (Å²) in [6, 6.07) is 3.31. The molecule has 3 aromatic rings. The fourth-order valence-electron chi connectivity index (χ4n) is 3.41. The lowest BCUT2D eigenvalue weighted by Gasteiger charge is -2.24. The maximum atomic E-state index is 14.7. The van der Waals surface area contributed by atoms with E-state index in [0.717, 1.165) is 24.5 Å². The molecule has 0 fully saturated rings. The first kappa shape index (κ1) is 26.4. The van der Waals surface area contributed by atoms with Crippen LogP contribution in [0, 0.1) is 12.7 Å². The lowest BCUT2D eigenvalue weighted by Crippen LogP contribution is -2.42. The Kier molecular flexibility index (Phi) is 6.91. The molecular formula is C22H15F7N4O3. The summed E-state index contributed by atoms with van der Waals surface area (Å²) in [5.41, 5.74) is -1.81. The Morgan fingerprint density at radius 2 is 1.72 bits per heavy atom. The largest absolute Gasteiger partial charge is 0.496 e. The van der Waals surface area contributed by atoms with E-state index in [-0.39, 0.29) is 27.8 Å². The molecule has 0 aliphatic carbocycles. The van der Waals surface area contributed by atoms with Crippen LogP contribution in [0.1, 0.15) is 27.3 Å². The fraction of sp³-hybridized carbons (Fsp3) is 0.182. The predicted molar refractivity (Wildman–Crippen MR) is 112 cm³/mol. The molecule has 3 rings (SSSR count). The molecule has 0 radical (unpaired) electrons. The number of primary amides is 1. The van der Waals surface area contributed by atoms with Crippen molar-refractivity contribution in [3.63, 3.8) is 0 Å². The Balaban J connectivity index is 2.31. The average molecular weight is 516 g/mol. The van der Waals surface area contributed by atoms with Crippen molar-refractivity contribution < 1.29 is 45.1 Å². The summed E-state index contributed by atoms with van der Waals surface area (Å²) in [7, 11) is 1.20. The Morgan fingerprint density at radius 1 is 1.06 bits per heavy atom. The molecule has 0 saturated carbocycles. The summed E-state index contributed by atoms with van der Waals surface area (Å²) >= 11 is 0. The SMILES string of the molecule is COc1cccc(F)c1-c1ccncc1N(C(N)=O)C(=O)c1cc(C(F)(F)F)nc(C(F)(F)F)c1C. The topological polar surface area (TPSA) is 98.4 Å². The lowest BCUT2D eigenvalue weighted by atomic mass is 10.0. The zero-order valence-electron chi connectivity index (χ0n) is 18.3. The van der Waals surface area contributed by atoms with Crippen LogP contribution in [0.25, 0.3) is 11.1 Å². The third kappa shape index (κ3) is 4.92. The zero-order valence-corrected chi connectivity index (χ0v) is 18.3. The van der Waals surface area contributed by atoms with Crippen molar-refractivity contribution in [1.29, 1.82) is 0 Å². The molecule has 14 heteroatoms.